The fraction of sp³-hybridized carbons (Fsp3) is 0.0870. The predicted molar refractivity (Wildman–Crippen MR) is 111 cm³/mol. The number of oxazole rings is 1. The molecule has 0 saturated carbocycles. The van der Waals surface area contributed by atoms with E-state index in [1.807, 2.05) is 66.7 Å². The van der Waals surface area contributed by atoms with Gasteiger partial charge in [-0.15, -0.1) is 0 Å². The normalized spacial score (nSPS) is 11.3. The maximum Gasteiger partial charge on any atom is 0.226 e. The summed E-state index contributed by atoms with van der Waals surface area (Å²) in [6.45, 7) is 0. The zero-order valence-electron chi connectivity index (χ0n) is 15.6. The number of nitrogens with zero attached hydrogens (tertiary/aromatic N) is 1. The highest BCUT2D eigenvalue weighted by Crippen LogP contribution is 2.27. The van der Waals surface area contributed by atoms with Crippen LogP contribution in [0.25, 0.3) is 11.5 Å². The third-order valence-corrected chi connectivity index (χ3v) is 5.75. The topological polar surface area (TPSA) is 69.4 Å². The number of aromatic nitrogens is 1. The minimum atomic E-state index is -3.47. The highest BCUT2D eigenvalue weighted by Gasteiger charge is 2.19. The molecule has 1 heterocycles. The summed E-state index contributed by atoms with van der Waals surface area (Å²) in [5.41, 5.74) is 1.78. The molecule has 0 aliphatic heterocycles. The Bertz CT molecular complexity index is 1190. The monoisotopic (exact) mass is 405 g/mol. The van der Waals surface area contributed by atoms with Crippen molar-refractivity contribution < 1.29 is 17.6 Å². The highest BCUT2D eigenvalue weighted by atomic mass is 32.2. The van der Waals surface area contributed by atoms with Crippen molar-refractivity contribution in [2.75, 3.05) is 0 Å². The molecule has 1 aromatic heterocycles. The molecule has 146 valence electrons. The van der Waals surface area contributed by atoms with Crippen LogP contribution < -0.4 is 4.74 Å². The van der Waals surface area contributed by atoms with Gasteiger partial charge in [0.2, 0.25) is 5.89 Å². The molecule has 5 nitrogen and oxygen atoms in total. The lowest BCUT2D eigenvalue weighted by molar-refractivity contribution is 0.477. The molecule has 3 aromatic carbocycles. The van der Waals surface area contributed by atoms with Crippen molar-refractivity contribution in [3.05, 3.63) is 102 Å². The fourth-order valence-corrected chi connectivity index (χ4v) is 4.34. The molecule has 4 rings (SSSR count). The van der Waals surface area contributed by atoms with E-state index in [1.54, 1.807) is 18.2 Å². The molecule has 6 heteroatoms. The van der Waals surface area contributed by atoms with Crippen LogP contribution in [0.15, 0.2) is 95.6 Å². The van der Waals surface area contributed by atoms with Gasteiger partial charge in [0.15, 0.2) is 9.84 Å². The van der Waals surface area contributed by atoms with E-state index in [1.165, 1.54) is 6.26 Å². The molecule has 0 amide bonds. The number of hydrogen-bond donors (Lipinski definition) is 0. The summed E-state index contributed by atoms with van der Waals surface area (Å²) in [5.74, 6) is 1.23. The van der Waals surface area contributed by atoms with Gasteiger partial charge in [0, 0.05) is 11.1 Å². The summed E-state index contributed by atoms with van der Waals surface area (Å²) in [6, 6.07) is 25.8. The Morgan fingerprint density at radius 3 is 2.21 bits per heavy atom. The minimum absolute atomic E-state index is 0.149. The fourth-order valence-electron chi connectivity index (χ4n) is 2.94. The first kappa shape index (κ1) is 19.0. The number of para-hydroxylation sites is 2. The second-order valence-corrected chi connectivity index (χ2v) is 8.63. The third kappa shape index (κ3) is 4.92. The van der Waals surface area contributed by atoms with E-state index < -0.39 is 9.84 Å². The summed E-state index contributed by atoms with van der Waals surface area (Å²) < 4.78 is 36.9. The van der Waals surface area contributed by atoms with E-state index in [2.05, 4.69) is 4.98 Å². The predicted octanol–water partition coefficient (Wildman–Crippen LogP) is 5.25. The Hall–Kier alpha value is -3.38. The second kappa shape index (κ2) is 8.32. The number of rotatable bonds is 7. The van der Waals surface area contributed by atoms with E-state index in [4.69, 9.17) is 9.15 Å². The average Bonchev–Trinajstić information content (AvgIpc) is 3.18. The molecule has 0 unspecified atom stereocenters. The van der Waals surface area contributed by atoms with Crippen LogP contribution in [-0.2, 0) is 21.3 Å². The SMILES string of the molecule is O=S(=O)(Cc1coc(-c2ccccc2)n1)Cc1ccccc1Oc1ccccc1. The molecule has 29 heavy (non-hydrogen) atoms. The number of hydrogen-bond acceptors (Lipinski definition) is 5. The molecule has 0 bridgehead atoms. The van der Waals surface area contributed by atoms with Crippen LogP contribution in [-0.4, -0.2) is 13.4 Å². The summed E-state index contributed by atoms with van der Waals surface area (Å²) in [5, 5.41) is 0. The van der Waals surface area contributed by atoms with Gasteiger partial charge in [-0.05, 0) is 30.3 Å². The highest BCUT2D eigenvalue weighted by molar-refractivity contribution is 7.89. The zero-order valence-corrected chi connectivity index (χ0v) is 16.4. The molecule has 0 fully saturated rings. The quantitative estimate of drug-likeness (QED) is 0.420. The first-order valence-corrected chi connectivity index (χ1v) is 10.9. The van der Waals surface area contributed by atoms with E-state index >= 15 is 0 Å². The van der Waals surface area contributed by atoms with Gasteiger partial charge in [-0.25, -0.2) is 13.4 Å². The molecule has 4 aromatic rings. The van der Waals surface area contributed by atoms with Gasteiger partial charge < -0.3 is 9.15 Å². The van der Waals surface area contributed by atoms with Crippen LogP contribution in [0, 0.1) is 0 Å². The molecular formula is C23H19NO4S. The smallest absolute Gasteiger partial charge is 0.226 e. The second-order valence-electron chi connectivity index (χ2n) is 6.57. The maximum absolute atomic E-state index is 12.8. The van der Waals surface area contributed by atoms with Crippen molar-refractivity contribution in [2.24, 2.45) is 0 Å². The van der Waals surface area contributed by atoms with Gasteiger partial charge in [-0.1, -0.05) is 54.6 Å². The van der Waals surface area contributed by atoms with Gasteiger partial charge in [0.05, 0.1) is 17.2 Å². The Balaban J connectivity index is 1.50. The third-order valence-electron chi connectivity index (χ3n) is 4.26. The molecule has 0 atom stereocenters. The van der Waals surface area contributed by atoms with E-state index in [9.17, 15) is 8.42 Å². The minimum Gasteiger partial charge on any atom is -0.457 e. The molecule has 0 aliphatic rings. The molecule has 0 aliphatic carbocycles. The van der Waals surface area contributed by atoms with Crippen LogP contribution >= 0.6 is 0 Å². The standard InChI is InChI=1S/C23H19NO4S/c25-29(26,17-20-15-27-23(24-20)18-9-3-1-4-10-18)16-19-11-7-8-14-22(19)28-21-12-5-2-6-13-21/h1-15H,16-17H2. The van der Waals surface area contributed by atoms with Crippen molar-refractivity contribution in [1.29, 1.82) is 0 Å². The van der Waals surface area contributed by atoms with Gasteiger partial charge in [0.25, 0.3) is 0 Å². The summed E-state index contributed by atoms with van der Waals surface area (Å²) in [7, 11) is -3.47. The van der Waals surface area contributed by atoms with Crippen LogP contribution in [0.5, 0.6) is 11.5 Å². The molecule has 0 saturated heterocycles. The molecule has 0 radical (unpaired) electrons. The first-order valence-electron chi connectivity index (χ1n) is 9.10. The summed E-state index contributed by atoms with van der Waals surface area (Å²) in [6.07, 6.45) is 1.40. The average molecular weight is 405 g/mol. The van der Waals surface area contributed by atoms with Gasteiger partial charge in [0.1, 0.15) is 17.8 Å². The van der Waals surface area contributed by atoms with Crippen molar-refractivity contribution in [2.45, 2.75) is 11.5 Å². The van der Waals surface area contributed by atoms with E-state index in [0.29, 0.717) is 28.6 Å². The van der Waals surface area contributed by atoms with Gasteiger partial charge in [-0.3, -0.25) is 0 Å². The Morgan fingerprint density at radius 2 is 1.45 bits per heavy atom. The maximum atomic E-state index is 12.8. The largest absolute Gasteiger partial charge is 0.457 e. The summed E-state index contributed by atoms with van der Waals surface area (Å²) >= 11 is 0. The van der Waals surface area contributed by atoms with E-state index in [0.717, 1.165) is 5.56 Å². The van der Waals surface area contributed by atoms with Crippen LogP contribution in [0.2, 0.25) is 0 Å². The van der Waals surface area contributed by atoms with Crippen LogP contribution in [0.3, 0.4) is 0 Å². The first-order chi connectivity index (χ1) is 14.1. The lowest BCUT2D eigenvalue weighted by Gasteiger charge is -2.11. The van der Waals surface area contributed by atoms with Crippen LogP contribution in [0.1, 0.15) is 11.3 Å². The summed E-state index contributed by atoms with van der Waals surface area (Å²) in [4.78, 5) is 4.32. The Kier molecular flexibility index (Phi) is 5.44. The zero-order chi connectivity index (χ0) is 20.1. The lowest BCUT2D eigenvalue weighted by atomic mass is 10.2. The molecule has 0 spiro atoms. The van der Waals surface area contributed by atoms with Crippen molar-refractivity contribution in [3.8, 4) is 23.0 Å². The van der Waals surface area contributed by atoms with E-state index in [-0.39, 0.29) is 11.5 Å². The number of benzene rings is 3. The van der Waals surface area contributed by atoms with Gasteiger partial charge >= 0.3 is 0 Å². The van der Waals surface area contributed by atoms with Gasteiger partial charge in [-0.2, -0.15) is 0 Å². The number of ether oxygens (including phenoxy) is 1. The Labute approximate surface area is 169 Å². The van der Waals surface area contributed by atoms with Crippen molar-refractivity contribution >= 4 is 9.84 Å². The van der Waals surface area contributed by atoms with Crippen molar-refractivity contribution in [1.82, 2.24) is 4.98 Å². The lowest BCUT2D eigenvalue weighted by Crippen LogP contribution is -2.08. The molecule has 0 N–H and O–H groups in total. The van der Waals surface area contributed by atoms with Crippen LogP contribution in [0.4, 0.5) is 0 Å². The Morgan fingerprint density at radius 1 is 0.793 bits per heavy atom. The number of sulfone groups is 1. The van der Waals surface area contributed by atoms with Crippen molar-refractivity contribution in [3.63, 3.8) is 0 Å². The molecular weight excluding hydrogens is 386 g/mol.